The summed E-state index contributed by atoms with van der Waals surface area (Å²) in [4.78, 5) is 15.0. The zero-order valence-electron chi connectivity index (χ0n) is 14.1. The summed E-state index contributed by atoms with van der Waals surface area (Å²) in [5.41, 5.74) is 1.15. The molecule has 1 aromatic carbocycles. The van der Waals surface area contributed by atoms with Gasteiger partial charge in [-0.15, -0.1) is 0 Å². The predicted molar refractivity (Wildman–Crippen MR) is 94.8 cm³/mol. The van der Waals surface area contributed by atoms with Crippen molar-refractivity contribution in [3.05, 3.63) is 34.9 Å². The van der Waals surface area contributed by atoms with Crippen LogP contribution in [0.4, 0.5) is 0 Å². The molecule has 1 amide bonds. The molecule has 3 rings (SSSR count). The average molecular weight is 335 g/mol. The van der Waals surface area contributed by atoms with E-state index in [9.17, 15) is 4.79 Å². The van der Waals surface area contributed by atoms with Crippen molar-refractivity contribution in [2.45, 2.75) is 51.0 Å². The first-order valence-corrected chi connectivity index (χ1v) is 9.14. The second-order valence-electron chi connectivity index (χ2n) is 7.55. The van der Waals surface area contributed by atoms with Crippen molar-refractivity contribution < 1.29 is 4.79 Å². The summed E-state index contributed by atoms with van der Waals surface area (Å²) in [6.45, 7) is 7.48. The molecule has 23 heavy (non-hydrogen) atoms. The molecule has 1 aliphatic carbocycles. The van der Waals surface area contributed by atoms with Crippen LogP contribution >= 0.6 is 11.6 Å². The quantitative estimate of drug-likeness (QED) is 0.887. The Balaban J connectivity index is 1.51. The van der Waals surface area contributed by atoms with Crippen molar-refractivity contribution in [3.8, 4) is 0 Å². The van der Waals surface area contributed by atoms with Crippen molar-refractivity contribution in [1.29, 1.82) is 0 Å². The molecule has 2 fully saturated rings. The van der Waals surface area contributed by atoms with Gasteiger partial charge >= 0.3 is 0 Å². The number of piperidine rings is 1. The largest absolute Gasteiger partial charge is 0.354 e. The molecule has 1 saturated heterocycles. The van der Waals surface area contributed by atoms with E-state index in [1.807, 2.05) is 24.3 Å². The molecule has 1 heterocycles. The number of hydrogen-bond donors (Lipinski definition) is 1. The molecule has 3 nitrogen and oxygen atoms in total. The number of hydrogen-bond acceptors (Lipinski definition) is 2. The lowest BCUT2D eigenvalue weighted by Gasteiger charge is -2.41. The Hall–Kier alpha value is -1.06. The minimum Gasteiger partial charge on any atom is -0.354 e. The molecule has 0 spiro atoms. The van der Waals surface area contributed by atoms with Gasteiger partial charge in [-0.1, -0.05) is 36.2 Å². The Morgan fingerprint density at radius 2 is 1.96 bits per heavy atom. The van der Waals surface area contributed by atoms with E-state index in [0.717, 1.165) is 36.6 Å². The highest BCUT2D eigenvalue weighted by Gasteiger charge is 2.45. The van der Waals surface area contributed by atoms with Gasteiger partial charge in [0.2, 0.25) is 5.91 Å². The highest BCUT2D eigenvalue weighted by atomic mass is 35.5. The molecule has 1 N–H and O–H groups in total. The van der Waals surface area contributed by atoms with Crippen LogP contribution in [0.3, 0.4) is 0 Å². The van der Waals surface area contributed by atoms with Crippen molar-refractivity contribution >= 4 is 17.5 Å². The van der Waals surface area contributed by atoms with Gasteiger partial charge in [0.15, 0.2) is 0 Å². The lowest BCUT2D eigenvalue weighted by Crippen LogP contribution is -2.53. The van der Waals surface area contributed by atoms with Gasteiger partial charge in [0.25, 0.3) is 0 Å². The van der Waals surface area contributed by atoms with Crippen LogP contribution < -0.4 is 5.32 Å². The summed E-state index contributed by atoms with van der Waals surface area (Å²) in [7, 11) is 0. The second kappa shape index (κ2) is 6.82. The minimum absolute atomic E-state index is 0.0326. The summed E-state index contributed by atoms with van der Waals surface area (Å²) < 4.78 is 0. The fraction of sp³-hybridized carbons (Fsp3) is 0.632. The maximum Gasteiger partial charge on any atom is 0.223 e. The van der Waals surface area contributed by atoms with E-state index in [4.69, 9.17) is 11.6 Å². The third-order valence-corrected chi connectivity index (χ3v) is 5.68. The predicted octanol–water partition coefficient (Wildman–Crippen LogP) is 3.82. The van der Waals surface area contributed by atoms with E-state index in [2.05, 4.69) is 24.1 Å². The molecule has 126 valence electrons. The number of halogens is 1. The van der Waals surface area contributed by atoms with Crippen molar-refractivity contribution in [2.75, 3.05) is 19.6 Å². The van der Waals surface area contributed by atoms with Crippen LogP contribution in [-0.2, 0) is 4.79 Å². The smallest absolute Gasteiger partial charge is 0.223 e. The first-order chi connectivity index (χ1) is 11.0. The van der Waals surface area contributed by atoms with Crippen molar-refractivity contribution in [2.24, 2.45) is 5.92 Å². The number of carbonyl (C=O) groups excluding carboxylic acids is 1. The molecule has 2 unspecified atom stereocenters. The highest BCUT2D eigenvalue weighted by molar-refractivity contribution is 6.31. The second-order valence-corrected chi connectivity index (χ2v) is 7.96. The number of carbonyl (C=O) groups is 1. The standard InChI is InChI=1S/C19H27ClN2O/c1-19(2,22-10-6-3-7-11-22)13-21-18(23)16-12-15(16)14-8-4-5-9-17(14)20/h4-5,8-9,15-16H,3,6-7,10-13H2,1-2H3,(H,21,23). The number of rotatable bonds is 5. The van der Waals surface area contributed by atoms with E-state index >= 15 is 0 Å². The molecule has 0 bridgehead atoms. The zero-order valence-corrected chi connectivity index (χ0v) is 14.9. The zero-order chi connectivity index (χ0) is 16.4. The lowest BCUT2D eigenvalue weighted by molar-refractivity contribution is -0.123. The molecule has 0 aromatic heterocycles. The van der Waals surface area contributed by atoms with Gasteiger partial charge in [-0.25, -0.2) is 0 Å². The summed E-state index contributed by atoms with van der Waals surface area (Å²) in [6, 6.07) is 7.87. The van der Waals surface area contributed by atoms with E-state index in [-0.39, 0.29) is 17.4 Å². The van der Waals surface area contributed by atoms with Gasteiger partial charge in [0.05, 0.1) is 0 Å². The number of likely N-dealkylation sites (tertiary alicyclic amines) is 1. The van der Waals surface area contributed by atoms with Crippen LogP contribution in [0.15, 0.2) is 24.3 Å². The Kier molecular flexibility index (Phi) is 4.98. The minimum atomic E-state index is 0.0326. The van der Waals surface area contributed by atoms with Gasteiger partial charge < -0.3 is 5.32 Å². The number of nitrogens with one attached hydrogen (secondary N) is 1. The topological polar surface area (TPSA) is 32.3 Å². The number of benzene rings is 1. The summed E-state index contributed by atoms with van der Waals surface area (Å²) in [5.74, 6) is 0.564. The fourth-order valence-corrected chi connectivity index (χ4v) is 3.93. The molecule has 1 aromatic rings. The van der Waals surface area contributed by atoms with Gasteiger partial charge in [-0.05, 0) is 63.7 Å². The molecule has 2 aliphatic rings. The molecule has 4 heteroatoms. The van der Waals surface area contributed by atoms with Gasteiger partial charge in [-0.3, -0.25) is 9.69 Å². The first-order valence-electron chi connectivity index (χ1n) is 8.76. The van der Waals surface area contributed by atoms with E-state index < -0.39 is 0 Å². The molecule has 2 atom stereocenters. The SMILES string of the molecule is CC(C)(CNC(=O)C1CC1c1ccccc1Cl)N1CCCCC1. The summed E-state index contributed by atoms with van der Waals surface area (Å²) in [6.07, 6.45) is 4.80. The third kappa shape index (κ3) is 3.89. The van der Waals surface area contributed by atoms with Gasteiger partial charge in [0, 0.05) is 23.0 Å². The fourth-order valence-electron chi connectivity index (χ4n) is 3.65. The van der Waals surface area contributed by atoms with Crippen LogP contribution in [0.5, 0.6) is 0 Å². The molecular weight excluding hydrogens is 308 g/mol. The molecule has 1 saturated carbocycles. The van der Waals surface area contributed by atoms with Crippen LogP contribution in [0.1, 0.15) is 51.0 Å². The monoisotopic (exact) mass is 334 g/mol. The normalized spacial score (nSPS) is 25.2. The van der Waals surface area contributed by atoms with E-state index in [1.54, 1.807) is 0 Å². The number of nitrogens with zero attached hydrogens (tertiary/aromatic N) is 1. The molecule has 0 radical (unpaired) electrons. The average Bonchev–Trinajstić information content (AvgIpc) is 3.34. The Morgan fingerprint density at radius 1 is 1.26 bits per heavy atom. The number of amides is 1. The summed E-state index contributed by atoms with van der Waals surface area (Å²) >= 11 is 6.24. The first kappa shape index (κ1) is 16.8. The summed E-state index contributed by atoms with van der Waals surface area (Å²) in [5, 5.41) is 3.96. The Bertz CT molecular complexity index is 566. The highest BCUT2D eigenvalue weighted by Crippen LogP contribution is 2.49. The Morgan fingerprint density at radius 3 is 2.65 bits per heavy atom. The Labute approximate surface area is 144 Å². The third-order valence-electron chi connectivity index (χ3n) is 5.34. The van der Waals surface area contributed by atoms with Gasteiger partial charge in [-0.2, -0.15) is 0 Å². The van der Waals surface area contributed by atoms with Crippen molar-refractivity contribution in [3.63, 3.8) is 0 Å². The van der Waals surface area contributed by atoms with Crippen LogP contribution in [0.2, 0.25) is 5.02 Å². The van der Waals surface area contributed by atoms with Gasteiger partial charge in [0.1, 0.15) is 0 Å². The molecular formula is C19H27ClN2O. The lowest BCUT2D eigenvalue weighted by atomic mass is 9.98. The van der Waals surface area contributed by atoms with Crippen LogP contribution in [-0.4, -0.2) is 36.0 Å². The van der Waals surface area contributed by atoms with Crippen LogP contribution in [0, 0.1) is 5.92 Å². The van der Waals surface area contributed by atoms with E-state index in [1.165, 1.54) is 19.3 Å². The maximum atomic E-state index is 12.5. The maximum absolute atomic E-state index is 12.5. The van der Waals surface area contributed by atoms with Crippen LogP contribution in [0.25, 0.3) is 0 Å². The molecule has 1 aliphatic heterocycles. The van der Waals surface area contributed by atoms with Crippen molar-refractivity contribution in [1.82, 2.24) is 10.2 Å². The van der Waals surface area contributed by atoms with E-state index in [0.29, 0.717) is 5.92 Å².